The van der Waals surface area contributed by atoms with E-state index in [2.05, 4.69) is 33.0 Å². The van der Waals surface area contributed by atoms with Gasteiger partial charge in [-0.25, -0.2) is 0 Å². The average molecular weight is 280 g/mol. The fourth-order valence-corrected chi connectivity index (χ4v) is 4.78. The average Bonchev–Trinajstić information content (AvgIpc) is 2.42. The maximum atomic E-state index is 3.98. The lowest BCUT2D eigenvalue weighted by Gasteiger charge is -2.47. The third-order valence-corrected chi connectivity index (χ3v) is 6.22. The first-order chi connectivity index (χ1) is 9.54. The minimum absolute atomic E-state index is 0.548. The van der Waals surface area contributed by atoms with Crippen molar-refractivity contribution in [3.05, 3.63) is 0 Å². The molecule has 0 aromatic heterocycles. The van der Waals surface area contributed by atoms with Crippen LogP contribution in [0.2, 0.25) is 0 Å². The summed E-state index contributed by atoms with van der Waals surface area (Å²) < 4.78 is 0. The summed E-state index contributed by atoms with van der Waals surface area (Å²) >= 11 is 0. The predicted octanol–water partition coefficient (Wildman–Crippen LogP) is 5.40. The molecule has 0 heterocycles. The van der Waals surface area contributed by atoms with Crippen LogP contribution in [-0.2, 0) is 0 Å². The molecule has 118 valence electrons. The minimum atomic E-state index is 0.548. The highest BCUT2D eigenvalue weighted by Gasteiger charge is 2.40. The van der Waals surface area contributed by atoms with E-state index in [-0.39, 0.29) is 0 Å². The van der Waals surface area contributed by atoms with Crippen molar-refractivity contribution in [1.82, 2.24) is 5.32 Å². The maximum absolute atomic E-state index is 3.98. The van der Waals surface area contributed by atoms with Crippen LogP contribution < -0.4 is 5.32 Å². The molecule has 2 aliphatic carbocycles. The van der Waals surface area contributed by atoms with E-state index in [9.17, 15) is 0 Å². The lowest BCUT2D eigenvalue weighted by atomic mass is 9.62. The zero-order valence-electron chi connectivity index (χ0n) is 14.4. The molecule has 2 fully saturated rings. The van der Waals surface area contributed by atoms with Crippen molar-refractivity contribution in [1.29, 1.82) is 0 Å². The highest BCUT2D eigenvalue weighted by Crippen LogP contribution is 2.46. The van der Waals surface area contributed by atoms with Crippen LogP contribution in [0.1, 0.15) is 85.5 Å². The molecule has 0 aromatic rings. The molecule has 0 amide bonds. The molecule has 0 saturated heterocycles. The molecular weight excluding hydrogens is 242 g/mol. The summed E-state index contributed by atoms with van der Waals surface area (Å²) in [6.07, 6.45) is 12.9. The van der Waals surface area contributed by atoms with Crippen molar-refractivity contribution < 1.29 is 0 Å². The Morgan fingerprint density at radius 2 is 1.75 bits per heavy atom. The van der Waals surface area contributed by atoms with Gasteiger partial charge >= 0.3 is 0 Å². The van der Waals surface area contributed by atoms with Crippen LogP contribution >= 0.6 is 0 Å². The van der Waals surface area contributed by atoms with Crippen molar-refractivity contribution in [2.45, 2.75) is 91.5 Å². The molecule has 0 radical (unpaired) electrons. The Bertz CT molecular complexity index is 275. The second kappa shape index (κ2) is 7.29. The van der Waals surface area contributed by atoms with Gasteiger partial charge in [0.25, 0.3) is 0 Å². The Hall–Kier alpha value is -0.0400. The molecule has 0 aliphatic heterocycles. The molecule has 2 aliphatic rings. The quantitative estimate of drug-likeness (QED) is 0.710. The van der Waals surface area contributed by atoms with Gasteiger partial charge in [0.2, 0.25) is 0 Å². The summed E-state index contributed by atoms with van der Waals surface area (Å²) in [5.74, 6) is 2.82. The zero-order valence-corrected chi connectivity index (χ0v) is 14.4. The van der Waals surface area contributed by atoms with E-state index in [0.29, 0.717) is 5.41 Å². The molecule has 1 heteroatoms. The van der Waals surface area contributed by atoms with Gasteiger partial charge in [-0.15, -0.1) is 0 Å². The normalized spacial score (nSPS) is 35.7. The lowest BCUT2D eigenvalue weighted by Crippen LogP contribution is -2.49. The van der Waals surface area contributed by atoms with E-state index < -0.39 is 0 Å². The van der Waals surface area contributed by atoms with Gasteiger partial charge in [0.15, 0.2) is 0 Å². The zero-order chi connectivity index (χ0) is 14.6. The van der Waals surface area contributed by atoms with Crippen molar-refractivity contribution in [2.24, 2.45) is 23.2 Å². The minimum Gasteiger partial charge on any atom is -0.313 e. The fraction of sp³-hybridized carbons (Fsp3) is 1.00. The summed E-state index contributed by atoms with van der Waals surface area (Å²) in [5, 5.41) is 3.98. The monoisotopic (exact) mass is 279 g/mol. The van der Waals surface area contributed by atoms with Gasteiger partial charge in [0.1, 0.15) is 0 Å². The van der Waals surface area contributed by atoms with Gasteiger partial charge in [0.05, 0.1) is 0 Å². The van der Waals surface area contributed by atoms with E-state index >= 15 is 0 Å². The van der Waals surface area contributed by atoms with Gasteiger partial charge in [0, 0.05) is 6.04 Å². The Morgan fingerprint density at radius 3 is 2.35 bits per heavy atom. The molecule has 1 N–H and O–H groups in total. The molecule has 2 rings (SSSR count). The van der Waals surface area contributed by atoms with Gasteiger partial charge in [-0.05, 0) is 61.8 Å². The summed E-state index contributed by atoms with van der Waals surface area (Å²) in [6, 6.07) is 0.790. The SMILES string of the molecule is CCCNC(C1CCC(C)CC1)C1CCCCC1(C)C. The summed E-state index contributed by atoms with van der Waals surface area (Å²) in [6.45, 7) is 11.0. The molecule has 2 unspecified atom stereocenters. The molecule has 0 aromatic carbocycles. The summed E-state index contributed by atoms with van der Waals surface area (Å²) in [7, 11) is 0. The van der Waals surface area contributed by atoms with Crippen molar-refractivity contribution >= 4 is 0 Å². The molecule has 1 nitrogen and oxygen atoms in total. The second-order valence-corrected chi connectivity index (χ2v) is 8.34. The fourth-order valence-electron chi connectivity index (χ4n) is 4.78. The van der Waals surface area contributed by atoms with E-state index in [1.54, 1.807) is 0 Å². The number of rotatable bonds is 5. The van der Waals surface area contributed by atoms with Gasteiger partial charge < -0.3 is 5.32 Å². The Balaban J connectivity index is 2.05. The van der Waals surface area contributed by atoms with Crippen molar-refractivity contribution in [3.8, 4) is 0 Å². The standard InChI is InChI=1S/C19H37N/c1-5-14-20-18(16-11-9-15(2)10-12-16)17-8-6-7-13-19(17,3)4/h15-18,20H,5-14H2,1-4H3. The van der Waals surface area contributed by atoms with Crippen LogP contribution in [0.25, 0.3) is 0 Å². The van der Waals surface area contributed by atoms with E-state index in [0.717, 1.165) is 23.8 Å². The first-order valence-electron chi connectivity index (χ1n) is 9.28. The first kappa shape index (κ1) is 16.3. The Morgan fingerprint density at radius 1 is 1.05 bits per heavy atom. The van der Waals surface area contributed by atoms with E-state index in [1.165, 1.54) is 64.3 Å². The molecule has 0 spiro atoms. The molecule has 0 bridgehead atoms. The van der Waals surface area contributed by atoms with Crippen LogP contribution in [0, 0.1) is 23.2 Å². The van der Waals surface area contributed by atoms with Crippen LogP contribution in [-0.4, -0.2) is 12.6 Å². The Labute approximate surface area is 127 Å². The van der Waals surface area contributed by atoms with Gasteiger partial charge in [-0.3, -0.25) is 0 Å². The molecule has 2 atom stereocenters. The Kier molecular flexibility index (Phi) is 5.95. The third-order valence-electron chi connectivity index (χ3n) is 6.22. The molecule has 20 heavy (non-hydrogen) atoms. The van der Waals surface area contributed by atoms with E-state index in [1.807, 2.05) is 0 Å². The number of nitrogens with one attached hydrogen (secondary N) is 1. The van der Waals surface area contributed by atoms with Crippen molar-refractivity contribution in [3.63, 3.8) is 0 Å². The molecule has 2 saturated carbocycles. The van der Waals surface area contributed by atoms with Crippen LogP contribution in [0.3, 0.4) is 0 Å². The number of hydrogen-bond donors (Lipinski definition) is 1. The lowest BCUT2D eigenvalue weighted by molar-refractivity contribution is 0.0586. The highest BCUT2D eigenvalue weighted by molar-refractivity contribution is 4.94. The number of hydrogen-bond acceptors (Lipinski definition) is 1. The topological polar surface area (TPSA) is 12.0 Å². The summed E-state index contributed by atoms with van der Waals surface area (Å²) in [5.41, 5.74) is 0.548. The van der Waals surface area contributed by atoms with Crippen LogP contribution in [0.5, 0.6) is 0 Å². The van der Waals surface area contributed by atoms with E-state index in [4.69, 9.17) is 0 Å². The van der Waals surface area contributed by atoms with Gasteiger partial charge in [-0.1, -0.05) is 53.4 Å². The summed E-state index contributed by atoms with van der Waals surface area (Å²) in [4.78, 5) is 0. The third kappa shape index (κ3) is 4.00. The smallest absolute Gasteiger partial charge is 0.0129 e. The second-order valence-electron chi connectivity index (χ2n) is 8.34. The van der Waals surface area contributed by atoms with Crippen molar-refractivity contribution in [2.75, 3.05) is 6.54 Å². The van der Waals surface area contributed by atoms with Crippen LogP contribution in [0.4, 0.5) is 0 Å². The van der Waals surface area contributed by atoms with Gasteiger partial charge in [-0.2, -0.15) is 0 Å². The largest absolute Gasteiger partial charge is 0.313 e. The highest BCUT2D eigenvalue weighted by atomic mass is 14.9. The molecular formula is C19H37N. The maximum Gasteiger partial charge on any atom is 0.0129 e. The van der Waals surface area contributed by atoms with Crippen LogP contribution in [0.15, 0.2) is 0 Å². The predicted molar refractivity (Wildman–Crippen MR) is 88.9 cm³/mol. The first-order valence-corrected chi connectivity index (χ1v) is 9.28.